The summed E-state index contributed by atoms with van der Waals surface area (Å²) in [4.78, 5) is 27.6. The van der Waals surface area contributed by atoms with Gasteiger partial charge in [-0.1, -0.05) is 41.5 Å². The lowest BCUT2D eigenvalue weighted by Gasteiger charge is -2.32. The van der Waals surface area contributed by atoms with Gasteiger partial charge in [0.05, 0.1) is 11.6 Å². The number of aromatic amines is 1. The fraction of sp³-hybridized carbons (Fsp3) is 0.320. The minimum atomic E-state index is -0.173. The second kappa shape index (κ2) is 9.16. The molecule has 4 rings (SSSR count). The number of likely N-dealkylation sites (tertiary alicyclic amines) is 1. The van der Waals surface area contributed by atoms with Gasteiger partial charge in [0.15, 0.2) is 0 Å². The van der Waals surface area contributed by atoms with E-state index in [-0.39, 0.29) is 17.7 Å². The van der Waals surface area contributed by atoms with Crippen LogP contribution in [0.5, 0.6) is 0 Å². The van der Waals surface area contributed by atoms with Crippen molar-refractivity contribution in [2.45, 2.75) is 33.2 Å². The average molecular weight is 417 g/mol. The summed E-state index contributed by atoms with van der Waals surface area (Å²) in [6.45, 7) is 5.64. The predicted octanol–water partition coefficient (Wildman–Crippen LogP) is 3.86. The van der Waals surface area contributed by atoms with Gasteiger partial charge in [0.1, 0.15) is 0 Å². The number of hydrogen-bond donors (Lipinski definition) is 2. The minimum Gasteiger partial charge on any atom is -0.352 e. The molecule has 0 radical (unpaired) electrons. The number of carbonyl (C=O) groups is 2. The maximum Gasteiger partial charge on any atom is 0.253 e. The van der Waals surface area contributed by atoms with E-state index in [1.165, 1.54) is 0 Å². The molecular weight excluding hydrogens is 388 g/mol. The Kier molecular flexibility index (Phi) is 6.16. The van der Waals surface area contributed by atoms with E-state index in [0.717, 1.165) is 40.8 Å². The molecule has 2 N–H and O–H groups in total. The van der Waals surface area contributed by atoms with Crippen LogP contribution in [0.25, 0.3) is 11.3 Å². The number of aromatic nitrogens is 2. The summed E-state index contributed by atoms with van der Waals surface area (Å²) in [7, 11) is 0. The third-order valence-electron chi connectivity index (χ3n) is 5.78. The third-order valence-corrected chi connectivity index (χ3v) is 5.78. The van der Waals surface area contributed by atoms with Crippen LogP contribution in [0.4, 0.5) is 0 Å². The van der Waals surface area contributed by atoms with Gasteiger partial charge in [-0.2, -0.15) is 5.10 Å². The van der Waals surface area contributed by atoms with Crippen molar-refractivity contribution in [3.8, 4) is 11.3 Å². The molecule has 2 heterocycles. The lowest BCUT2D eigenvalue weighted by Crippen LogP contribution is -2.45. The molecular formula is C25H28N4O2. The summed E-state index contributed by atoms with van der Waals surface area (Å²) < 4.78 is 0. The molecule has 1 aliphatic heterocycles. The predicted molar refractivity (Wildman–Crippen MR) is 120 cm³/mol. The summed E-state index contributed by atoms with van der Waals surface area (Å²) in [6, 6.07) is 15.9. The molecule has 1 saturated heterocycles. The molecule has 0 aliphatic carbocycles. The maximum absolute atomic E-state index is 13.0. The van der Waals surface area contributed by atoms with Gasteiger partial charge in [-0.3, -0.25) is 14.7 Å². The third kappa shape index (κ3) is 5.02. The van der Waals surface area contributed by atoms with Crippen LogP contribution in [0.2, 0.25) is 0 Å². The smallest absolute Gasteiger partial charge is 0.253 e. The molecule has 160 valence electrons. The highest BCUT2D eigenvalue weighted by Crippen LogP contribution is 2.21. The molecule has 1 fully saturated rings. The van der Waals surface area contributed by atoms with Crippen molar-refractivity contribution in [3.05, 3.63) is 77.0 Å². The van der Waals surface area contributed by atoms with Gasteiger partial charge in [0.25, 0.3) is 5.91 Å². The monoisotopic (exact) mass is 416 g/mol. The second-order valence-electron chi connectivity index (χ2n) is 8.35. The highest BCUT2D eigenvalue weighted by molar-refractivity contribution is 5.95. The number of amides is 2. The molecule has 0 saturated carbocycles. The van der Waals surface area contributed by atoms with Crippen molar-refractivity contribution < 1.29 is 9.59 Å². The van der Waals surface area contributed by atoms with Gasteiger partial charge in [-0.15, -0.1) is 0 Å². The topological polar surface area (TPSA) is 78.1 Å². The summed E-state index contributed by atoms with van der Waals surface area (Å²) in [5.74, 6) is -0.151. The van der Waals surface area contributed by atoms with Crippen molar-refractivity contribution in [2.75, 3.05) is 13.1 Å². The Labute approximate surface area is 182 Å². The fourth-order valence-electron chi connectivity index (χ4n) is 4.21. The Bertz CT molecular complexity index is 1040. The largest absolute Gasteiger partial charge is 0.352 e. The summed E-state index contributed by atoms with van der Waals surface area (Å²) in [5.41, 5.74) is 5.92. The number of hydrogen-bond acceptors (Lipinski definition) is 3. The summed E-state index contributed by atoms with van der Waals surface area (Å²) in [5, 5.41) is 9.96. The first kappa shape index (κ1) is 20.8. The molecule has 0 bridgehead atoms. The standard InChI is InChI=1S/C25H28N4O2/c1-17-12-18(2)14-22(13-17)25(31)29-11-3-4-21(16-29)24(30)26-15-19-5-7-20(8-6-19)23-9-10-27-28-23/h5-10,12-14,21H,3-4,11,15-16H2,1-2H3,(H,26,30)(H,27,28). The number of nitrogens with one attached hydrogen (secondary N) is 2. The van der Waals surface area contributed by atoms with Crippen LogP contribution in [0.15, 0.2) is 54.7 Å². The first-order valence-electron chi connectivity index (χ1n) is 10.7. The zero-order valence-electron chi connectivity index (χ0n) is 18.0. The number of rotatable bonds is 5. The molecule has 1 aromatic heterocycles. The number of benzene rings is 2. The molecule has 31 heavy (non-hydrogen) atoms. The first-order chi connectivity index (χ1) is 15.0. The number of aryl methyl sites for hydroxylation is 2. The molecule has 1 atom stereocenters. The van der Waals surface area contributed by atoms with Gasteiger partial charge >= 0.3 is 0 Å². The van der Waals surface area contributed by atoms with E-state index in [1.54, 1.807) is 6.20 Å². The van der Waals surface area contributed by atoms with Gasteiger partial charge in [-0.25, -0.2) is 0 Å². The van der Waals surface area contributed by atoms with E-state index in [4.69, 9.17) is 0 Å². The van der Waals surface area contributed by atoms with Gasteiger partial charge < -0.3 is 10.2 Å². The zero-order chi connectivity index (χ0) is 21.8. The van der Waals surface area contributed by atoms with Crippen molar-refractivity contribution >= 4 is 11.8 Å². The quantitative estimate of drug-likeness (QED) is 0.663. The van der Waals surface area contributed by atoms with Crippen LogP contribution >= 0.6 is 0 Å². The number of carbonyl (C=O) groups excluding carboxylic acids is 2. The van der Waals surface area contributed by atoms with E-state index in [0.29, 0.717) is 25.2 Å². The molecule has 1 unspecified atom stereocenters. The Morgan fingerprint density at radius 3 is 2.52 bits per heavy atom. The van der Waals surface area contributed by atoms with Crippen LogP contribution in [-0.2, 0) is 11.3 Å². The SMILES string of the molecule is Cc1cc(C)cc(C(=O)N2CCCC(C(=O)NCc3ccc(-c4ccn[nH]4)cc3)C2)c1. The zero-order valence-corrected chi connectivity index (χ0v) is 18.0. The normalized spacial score (nSPS) is 16.2. The van der Waals surface area contributed by atoms with Gasteiger partial charge in [0.2, 0.25) is 5.91 Å². The number of nitrogens with zero attached hydrogens (tertiary/aromatic N) is 2. The Morgan fingerprint density at radius 2 is 1.84 bits per heavy atom. The Balaban J connectivity index is 1.34. The van der Waals surface area contributed by atoms with Crippen LogP contribution < -0.4 is 5.32 Å². The Hall–Kier alpha value is -3.41. The minimum absolute atomic E-state index is 0.00978. The van der Waals surface area contributed by atoms with E-state index in [9.17, 15) is 9.59 Å². The van der Waals surface area contributed by atoms with Crippen molar-refractivity contribution in [1.29, 1.82) is 0 Å². The maximum atomic E-state index is 13.0. The van der Waals surface area contributed by atoms with Crippen LogP contribution in [-0.4, -0.2) is 40.0 Å². The summed E-state index contributed by atoms with van der Waals surface area (Å²) >= 11 is 0. The van der Waals surface area contributed by atoms with Gasteiger partial charge in [0, 0.05) is 31.4 Å². The fourth-order valence-corrected chi connectivity index (χ4v) is 4.21. The highest BCUT2D eigenvalue weighted by Gasteiger charge is 2.29. The van der Waals surface area contributed by atoms with E-state index in [1.807, 2.05) is 61.2 Å². The van der Waals surface area contributed by atoms with E-state index < -0.39 is 0 Å². The van der Waals surface area contributed by atoms with Crippen LogP contribution in [0.1, 0.15) is 39.9 Å². The molecule has 1 aliphatic rings. The van der Waals surface area contributed by atoms with E-state index >= 15 is 0 Å². The summed E-state index contributed by atoms with van der Waals surface area (Å²) in [6.07, 6.45) is 3.37. The number of piperidine rings is 1. The molecule has 6 heteroatoms. The molecule has 2 amide bonds. The van der Waals surface area contributed by atoms with Gasteiger partial charge in [-0.05, 0) is 56.0 Å². The lowest BCUT2D eigenvalue weighted by atomic mass is 9.96. The molecule has 0 spiro atoms. The molecule has 6 nitrogen and oxygen atoms in total. The second-order valence-corrected chi connectivity index (χ2v) is 8.35. The van der Waals surface area contributed by atoms with Crippen molar-refractivity contribution in [2.24, 2.45) is 5.92 Å². The van der Waals surface area contributed by atoms with Crippen LogP contribution in [0, 0.1) is 19.8 Å². The highest BCUT2D eigenvalue weighted by atomic mass is 16.2. The van der Waals surface area contributed by atoms with Crippen LogP contribution in [0.3, 0.4) is 0 Å². The average Bonchev–Trinajstić information content (AvgIpc) is 3.32. The van der Waals surface area contributed by atoms with Crippen molar-refractivity contribution in [1.82, 2.24) is 20.4 Å². The Morgan fingerprint density at radius 1 is 1.10 bits per heavy atom. The molecule has 2 aromatic carbocycles. The van der Waals surface area contributed by atoms with Crippen molar-refractivity contribution in [3.63, 3.8) is 0 Å². The number of H-pyrrole nitrogens is 1. The van der Waals surface area contributed by atoms with E-state index in [2.05, 4.69) is 21.6 Å². The first-order valence-corrected chi connectivity index (χ1v) is 10.7. The lowest BCUT2D eigenvalue weighted by molar-refractivity contribution is -0.126. The molecule has 3 aromatic rings.